The lowest BCUT2D eigenvalue weighted by Gasteiger charge is -2.11. The number of furan rings is 1. The van der Waals surface area contributed by atoms with Gasteiger partial charge in [0.1, 0.15) is 17.2 Å². The molecule has 3 aromatic rings. The highest BCUT2D eigenvalue weighted by atomic mass is 127. The standard InChI is InChI=1S/C19H20FN3O.HI/c1-13-16-5-3-4-6-17(16)24-18(13)12-23-19(21-2)22-11-14-7-9-15(20)10-8-14;/h3-10H,11-12H2,1-2H3,(H2,21,22,23);1H. The Bertz CT molecular complexity index is 859. The summed E-state index contributed by atoms with van der Waals surface area (Å²) in [7, 11) is 1.71. The molecular weight excluding hydrogens is 432 g/mol. The maximum absolute atomic E-state index is 12.9. The Kier molecular flexibility index (Phi) is 6.81. The number of nitrogens with one attached hydrogen (secondary N) is 2. The molecule has 0 unspecified atom stereocenters. The van der Waals surface area contributed by atoms with Crippen molar-refractivity contribution in [3.8, 4) is 0 Å². The summed E-state index contributed by atoms with van der Waals surface area (Å²) in [5, 5.41) is 7.57. The molecule has 0 aliphatic rings. The molecule has 4 nitrogen and oxygen atoms in total. The molecule has 0 saturated carbocycles. The fourth-order valence-corrected chi connectivity index (χ4v) is 2.57. The molecule has 0 atom stereocenters. The normalized spacial score (nSPS) is 11.2. The number of halogens is 2. The van der Waals surface area contributed by atoms with Crippen molar-refractivity contribution in [1.82, 2.24) is 10.6 Å². The van der Waals surface area contributed by atoms with Crippen LogP contribution in [0, 0.1) is 12.7 Å². The molecule has 0 fully saturated rings. The maximum atomic E-state index is 12.9. The van der Waals surface area contributed by atoms with E-state index in [1.165, 1.54) is 12.1 Å². The molecule has 132 valence electrons. The van der Waals surface area contributed by atoms with Crippen molar-refractivity contribution in [1.29, 1.82) is 0 Å². The van der Waals surface area contributed by atoms with E-state index in [-0.39, 0.29) is 29.8 Å². The zero-order valence-corrected chi connectivity index (χ0v) is 16.5. The monoisotopic (exact) mass is 453 g/mol. The minimum absolute atomic E-state index is 0. The predicted octanol–water partition coefficient (Wildman–Crippen LogP) is 4.36. The van der Waals surface area contributed by atoms with Crippen LogP contribution in [0.1, 0.15) is 16.9 Å². The number of nitrogens with zero attached hydrogens (tertiary/aromatic N) is 1. The van der Waals surface area contributed by atoms with Crippen LogP contribution in [0.3, 0.4) is 0 Å². The van der Waals surface area contributed by atoms with Crippen LogP contribution in [0.2, 0.25) is 0 Å². The van der Waals surface area contributed by atoms with Gasteiger partial charge in [-0.25, -0.2) is 4.39 Å². The van der Waals surface area contributed by atoms with Gasteiger partial charge in [0.05, 0.1) is 6.54 Å². The van der Waals surface area contributed by atoms with Crippen LogP contribution in [-0.2, 0) is 13.1 Å². The van der Waals surface area contributed by atoms with Crippen LogP contribution < -0.4 is 10.6 Å². The first kappa shape index (κ1) is 19.2. The predicted molar refractivity (Wildman–Crippen MR) is 110 cm³/mol. The van der Waals surface area contributed by atoms with E-state index in [0.29, 0.717) is 19.0 Å². The topological polar surface area (TPSA) is 49.6 Å². The van der Waals surface area contributed by atoms with E-state index >= 15 is 0 Å². The lowest BCUT2D eigenvalue weighted by atomic mass is 10.1. The van der Waals surface area contributed by atoms with E-state index in [1.54, 1.807) is 19.2 Å². The van der Waals surface area contributed by atoms with Crippen molar-refractivity contribution in [2.75, 3.05) is 7.05 Å². The lowest BCUT2D eigenvalue weighted by Crippen LogP contribution is -2.36. The molecule has 1 heterocycles. The van der Waals surface area contributed by atoms with Crippen molar-refractivity contribution in [3.05, 3.63) is 71.2 Å². The highest BCUT2D eigenvalue weighted by Crippen LogP contribution is 2.24. The first-order valence-corrected chi connectivity index (χ1v) is 7.83. The smallest absolute Gasteiger partial charge is 0.191 e. The quantitative estimate of drug-likeness (QED) is 0.351. The average molecular weight is 453 g/mol. The molecule has 0 amide bonds. The van der Waals surface area contributed by atoms with Gasteiger partial charge in [-0.1, -0.05) is 30.3 Å². The zero-order chi connectivity index (χ0) is 16.9. The highest BCUT2D eigenvalue weighted by Gasteiger charge is 2.10. The SMILES string of the molecule is CN=C(NCc1ccc(F)cc1)NCc1oc2ccccc2c1C.I. The van der Waals surface area contributed by atoms with Gasteiger partial charge in [-0.2, -0.15) is 0 Å². The molecule has 0 aliphatic heterocycles. The third kappa shape index (κ3) is 4.72. The van der Waals surface area contributed by atoms with Crippen LogP contribution in [-0.4, -0.2) is 13.0 Å². The van der Waals surface area contributed by atoms with Crippen LogP contribution in [0.25, 0.3) is 11.0 Å². The average Bonchev–Trinajstić information content (AvgIpc) is 2.93. The molecule has 0 saturated heterocycles. The van der Waals surface area contributed by atoms with Crippen molar-refractivity contribution in [2.45, 2.75) is 20.0 Å². The Morgan fingerprint density at radius 3 is 2.40 bits per heavy atom. The largest absolute Gasteiger partial charge is 0.459 e. The fraction of sp³-hybridized carbons (Fsp3) is 0.211. The Hall–Kier alpha value is -2.09. The Balaban J connectivity index is 0.00000225. The van der Waals surface area contributed by atoms with Gasteiger partial charge < -0.3 is 15.1 Å². The van der Waals surface area contributed by atoms with E-state index < -0.39 is 0 Å². The van der Waals surface area contributed by atoms with Gasteiger partial charge in [-0.15, -0.1) is 24.0 Å². The summed E-state index contributed by atoms with van der Waals surface area (Å²) in [4.78, 5) is 4.20. The van der Waals surface area contributed by atoms with Gasteiger partial charge in [-0.05, 0) is 30.7 Å². The third-order valence-electron chi connectivity index (χ3n) is 3.96. The highest BCUT2D eigenvalue weighted by molar-refractivity contribution is 14.0. The van der Waals surface area contributed by atoms with E-state index in [2.05, 4.69) is 28.6 Å². The fourth-order valence-electron chi connectivity index (χ4n) is 2.57. The number of guanidine groups is 1. The molecule has 2 N–H and O–H groups in total. The molecule has 0 radical (unpaired) electrons. The molecule has 0 bridgehead atoms. The van der Waals surface area contributed by atoms with Crippen LogP contribution in [0.4, 0.5) is 4.39 Å². The third-order valence-corrected chi connectivity index (χ3v) is 3.96. The summed E-state index contributed by atoms with van der Waals surface area (Å²) in [5.74, 6) is 1.32. The van der Waals surface area contributed by atoms with Gasteiger partial charge in [0.25, 0.3) is 0 Å². The minimum atomic E-state index is -0.235. The second kappa shape index (κ2) is 8.84. The second-order valence-electron chi connectivity index (χ2n) is 5.55. The molecule has 2 aromatic carbocycles. The number of fused-ring (bicyclic) bond motifs is 1. The number of aliphatic imine (C=N–C) groups is 1. The van der Waals surface area contributed by atoms with Crippen LogP contribution in [0.5, 0.6) is 0 Å². The maximum Gasteiger partial charge on any atom is 0.191 e. The van der Waals surface area contributed by atoms with E-state index in [1.807, 2.05) is 18.2 Å². The van der Waals surface area contributed by atoms with E-state index in [4.69, 9.17) is 4.42 Å². The van der Waals surface area contributed by atoms with Crippen molar-refractivity contribution in [3.63, 3.8) is 0 Å². The van der Waals surface area contributed by atoms with Crippen molar-refractivity contribution < 1.29 is 8.81 Å². The van der Waals surface area contributed by atoms with Gasteiger partial charge in [0.15, 0.2) is 5.96 Å². The van der Waals surface area contributed by atoms with Crippen LogP contribution >= 0.6 is 24.0 Å². The molecule has 1 aromatic heterocycles. The molecule has 6 heteroatoms. The summed E-state index contributed by atoms with van der Waals surface area (Å²) < 4.78 is 18.8. The number of hydrogen-bond donors (Lipinski definition) is 2. The Morgan fingerprint density at radius 1 is 1.04 bits per heavy atom. The number of aryl methyl sites for hydroxylation is 1. The first-order valence-electron chi connectivity index (χ1n) is 7.83. The van der Waals surface area contributed by atoms with Crippen molar-refractivity contribution in [2.24, 2.45) is 4.99 Å². The van der Waals surface area contributed by atoms with Crippen LogP contribution in [0.15, 0.2) is 57.9 Å². The number of hydrogen-bond acceptors (Lipinski definition) is 2. The number of para-hydroxylation sites is 1. The Morgan fingerprint density at radius 2 is 1.72 bits per heavy atom. The summed E-state index contributed by atoms with van der Waals surface area (Å²) >= 11 is 0. The van der Waals surface area contributed by atoms with Gasteiger partial charge in [0, 0.05) is 24.5 Å². The summed E-state index contributed by atoms with van der Waals surface area (Å²) in [5.41, 5.74) is 3.01. The lowest BCUT2D eigenvalue weighted by molar-refractivity contribution is 0.534. The van der Waals surface area contributed by atoms with Gasteiger partial charge in [0.2, 0.25) is 0 Å². The molecular formula is C19H21FIN3O. The molecule has 25 heavy (non-hydrogen) atoms. The number of rotatable bonds is 4. The minimum Gasteiger partial charge on any atom is -0.459 e. The zero-order valence-electron chi connectivity index (χ0n) is 14.2. The summed E-state index contributed by atoms with van der Waals surface area (Å²) in [6.07, 6.45) is 0. The van der Waals surface area contributed by atoms with Gasteiger partial charge in [-0.3, -0.25) is 4.99 Å². The second-order valence-corrected chi connectivity index (χ2v) is 5.55. The molecule has 3 rings (SSSR count). The molecule has 0 aliphatic carbocycles. The van der Waals surface area contributed by atoms with Crippen molar-refractivity contribution >= 4 is 40.9 Å². The van der Waals surface area contributed by atoms with Gasteiger partial charge >= 0.3 is 0 Å². The van der Waals surface area contributed by atoms with E-state index in [0.717, 1.165) is 27.9 Å². The number of benzene rings is 2. The first-order chi connectivity index (χ1) is 11.7. The summed E-state index contributed by atoms with van der Waals surface area (Å²) in [6.45, 7) is 3.17. The summed E-state index contributed by atoms with van der Waals surface area (Å²) in [6, 6.07) is 14.4. The van der Waals surface area contributed by atoms with E-state index in [9.17, 15) is 4.39 Å². The molecule has 0 spiro atoms. The Labute approximate surface area is 163 Å².